The Labute approximate surface area is 147 Å². The van der Waals surface area contributed by atoms with Gasteiger partial charge in [-0.25, -0.2) is 9.97 Å². The fraction of sp³-hybridized carbons (Fsp3) is 0.556. The molecule has 3 rings (SSSR count). The van der Waals surface area contributed by atoms with Crippen molar-refractivity contribution in [3.05, 3.63) is 40.3 Å². The standard InChI is InChI=1S/C18H24N4O3/c1-11-9-12(2)20-18(19-11)16-10-22(7-8-24-16)17(23)6-5-15-13(3)21-25-14(15)4/h9,16H,5-8,10H2,1-4H3. The van der Waals surface area contributed by atoms with Crippen LogP contribution >= 0.6 is 0 Å². The van der Waals surface area contributed by atoms with Crippen LogP contribution < -0.4 is 0 Å². The fourth-order valence-corrected chi connectivity index (χ4v) is 3.18. The lowest BCUT2D eigenvalue weighted by Gasteiger charge is -2.32. The minimum atomic E-state index is -0.268. The van der Waals surface area contributed by atoms with Crippen molar-refractivity contribution in [2.24, 2.45) is 0 Å². The molecule has 7 heteroatoms. The van der Waals surface area contributed by atoms with E-state index in [0.29, 0.717) is 38.4 Å². The largest absolute Gasteiger partial charge is 0.367 e. The first-order chi connectivity index (χ1) is 11.9. The third-order valence-corrected chi connectivity index (χ3v) is 4.48. The molecule has 1 aliphatic rings. The Bertz CT molecular complexity index is 732. The molecule has 0 aliphatic carbocycles. The van der Waals surface area contributed by atoms with Crippen molar-refractivity contribution in [1.29, 1.82) is 0 Å². The molecule has 25 heavy (non-hydrogen) atoms. The molecule has 134 valence electrons. The number of amides is 1. The minimum absolute atomic E-state index is 0.109. The van der Waals surface area contributed by atoms with Crippen molar-refractivity contribution in [2.45, 2.75) is 46.6 Å². The molecule has 1 fully saturated rings. The highest BCUT2D eigenvalue weighted by molar-refractivity contribution is 5.76. The van der Waals surface area contributed by atoms with Crippen LogP contribution in [0.5, 0.6) is 0 Å². The Morgan fingerprint density at radius 1 is 1.24 bits per heavy atom. The highest BCUT2D eigenvalue weighted by Gasteiger charge is 2.27. The van der Waals surface area contributed by atoms with Crippen LogP contribution in [-0.4, -0.2) is 45.6 Å². The van der Waals surface area contributed by atoms with E-state index in [1.807, 2.05) is 38.7 Å². The topological polar surface area (TPSA) is 81.4 Å². The highest BCUT2D eigenvalue weighted by Crippen LogP contribution is 2.21. The molecule has 1 saturated heterocycles. The van der Waals surface area contributed by atoms with Gasteiger partial charge in [-0.1, -0.05) is 5.16 Å². The van der Waals surface area contributed by atoms with E-state index in [-0.39, 0.29) is 12.0 Å². The van der Waals surface area contributed by atoms with E-state index in [1.54, 1.807) is 0 Å². The molecule has 1 atom stereocenters. The van der Waals surface area contributed by atoms with E-state index in [4.69, 9.17) is 9.26 Å². The maximum atomic E-state index is 12.6. The van der Waals surface area contributed by atoms with Crippen LogP contribution in [0.3, 0.4) is 0 Å². The second kappa shape index (κ2) is 7.31. The maximum Gasteiger partial charge on any atom is 0.223 e. The summed E-state index contributed by atoms with van der Waals surface area (Å²) < 4.78 is 11.0. The molecule has 7 nitrogen and oxygen atoms in total. The van der Waals surface area contributed by atoms with Crippen molar-refractivity contribution in [1.82, 2.24) is 20.0 Å². The van der Waals surface area contributed by atoms with Crippen molar-refractivity contribution >= 4 is 5.91 Å². The number of rotatable bonds is 4. The molecule has 1 amide bonds. The van der Waals surface area contributed by atoms with Crippen molar-refractivity contribution in [2.75, 3.05) is 19.7 Å². The van der Waals surface area contributed by atoms with Gasteiger partial charge in [0.2, 0.25) is 5.91 Å². The first-order valence-corrected chi connectivity index (χ1v) is 8.57. The summed E-state index contributed by atoms with van der Waals surface area (Å²) in [5.74, 6) is 1.55. The first kappa shape index (κ1) is 17.5. The van der Waals surface area contributed by atoms with Crippen molar-refractivity contribution < 1.29 is 14.1 Å². The molecule has 1 unspecified atom stereocenters. The molecule has 0 saturated carbocycles. The summed E-state index contributed by atoms with van der Waals surface area (Å²) in [6, 6.07) is 1.93. The zero-order chi connectivity index (χ0) is 18.0. The molecule has 0 radical (unpaired) electrons. The van der Waals surface area contributed by atoms with Gasteiger partial charge in [0, 0.05) is 29.9 Å². The lowest BCUT2D eigenvalue weighted by Crippen LogP contribution is -2.42. The second-order valence-electron chi connectivity index (χ2n) is 6.51. The molecule has 0 aromatic carbocycles. The van der Waals surface area contributed by atoms with E-state index in [1.165, 1.54) is 0 Å². The first-order valence-electron chi connectivity index (χ1n) is 8.57. The second-order valence-corrected chi connectivity index (χ2v) is 6.51. The smallest absolute Gasteiger partial charge is 0.223 e. The highest BCUT2D eigenvalue weighted by atomic mass is 16.5. The van der Waals surface area contributed by atoms with Gasteiger partial charge in [-0.05, 0) is 40.2 Å². The predicted octanol–water partition coefficient (Wildman–Crippen LogP) is 2.23. The number of ether oxygens (including phenoxy) is 1. The van der Waals surface area contributed by atoms with Crippen LogP contribution in [0.15, 0.2) is 10.6 Å². The summed E-state index contributed by atoms with van der Waals surface area (Å²) in [6.07, 6.45) is 0.807. The number of hydrogen-bond donors (Lipinski definition) is 0. The molecule has 0 bridgehead atoms. The number of aromatic nitrogens is 3. The molecule has 2 aromatic rings. The Hall–Kier alpha value is -2.28. The van der Waals surface area contributed by atoms with Crippen LogP contribution in [0.25, 0.3) is 0 Å². The Balaban J connectivity index is 1.63. The average Bonchev–Trinajstić information content (AvgIpc) is 2.90. The number of nitrogens with zero attached hydrogens (tertiary/aromatic N) is 4. The maximum absolute atomic E-state index is 12.6. The Morgan fingerprint density at radius 3 is 2.60 bits per heavy atom. The molecule has 1 aliphatic heterocycles. The zero-order valence-electron chi connectivity index (χ0n) is 15.2. The van der Waals surface area contributed by atoms with Gasteiger partial charge in [0.25, 0.3) is 0 Å². The third kappa shape index (κ3) is 4.04. The van der Waals surface area contributed by atoms with Gasteiger partial charge in [-0.3, -0.25) is 4.79 Å². The number of aryl methyl sites for hydroxylation is 4. The van der Waals surface area contributed by atoms with Gasteiger partial charge in [-0.15, -0.1) is 0 Å². The third-order valence-electron chi connectivity index (χ3n) is 4.48. The summed E-state index contributed by atoms with van der Waals surface area (Å²) in [7, 11) is 0. The normalized spacial score (nSPS) is 17.8. The monoisotopic (exact) mass is 344 g/mol. The van der Waals surface area contributed by atoms with Crippen molar-refractivity contribution in [3.63, 3.8) is 0 Å². The lowest BCUT2D eigenvalue weighted by atomic mass is 10.1. The number of hydrogen-bond acceptors (Lipinski definition) is 6. The van der Waals surface area contributed by atoms with Gasteiger partial charge >= 0.3 is 0 Å². The van der Waals surface area contributed by atoms with Crippen LogP contribution in [-0.2, 0) is 16.0 Å². The molecular weight excluding hydrogens is 320 g/mol. The summed E-state index contributed by atoms with van der Waals surface area (Å²) >= 11 is 0. The Kier molecular flexibility index (Phi) is 5.13. The van der Waals surface area contributed by atoms with E-state index < -0.39 is 0 Å². The fourth-order valence-electron chi connectivity index (χ4n) is 3.18. The van der Waals surface area contributed by atoms with E-state index in [0.717, 1.165) is 28.4 Å². The summed E-state index contributed by atoms with van der Waals surface area (Å²) in [6.45, 7) is 9.24. The summed E-state index contributed by atoms with van der Waals surface area (Å²) in [4.78, 5) is 23.4. The van der Waals surface area contributed by atoms with E-state index in [9.17, 15) is 4.79 Å². The summed E-state index contributed by atoms with van der Waals surface area (Å²) in [5, 5.41) is 3.94. The number of carbonyl (C=O) groups excluding carboxylic acids is 1. The lowest BCUT2D eigenvalue weighted by molar-refractivity contribution is -0.139. The van der Waals surface area contributed by atoms with Gasteiger partial charge in [0.05, 0.1) is 18.8 Å². The van der Waals surface area contributed by atoms with E-state index in [2.05, 4.69) is 15.1 Å². The van der Waals surface area contributed by atoms with Crippen molar-refractivity contribution in [3.8, 4) is 0 Å². The quantitative estimate of drug-likeness (QED) is 0.846. The molecular formula is C18H24N4O3. The number of carbonyl (C=O) groups is 1. The summed E-state index contributed by atoms with van der Waals surface area (Å²) in [5.41, 5.74) is 3.70. The van der Waals surface area contributed by atoms with Gasteiger partial charge in [0.1, 0.15) is 11.9 Å². The van der Waals surface area contributed by atoms with Gasteiger partial charge < -0.3 is 14.2 Å². The molecule has 0 N–H and O–H groups in total. The van der Waals surface area contributed by atoms with Crippen LogP contribution in [0.2, 0.25) is 0 Å². The zero-order valence-corrected chi connectivity index (χ0v) is 15.2. The van der Waals surface area contributed by atoms with Crippen LogP contribution in [0.4, 0.5) is 0 Å². The molecule has 0 spiro atoms. The van der Waals surface area contributed by atoms with Crippen LogP contribution in [0, 0.1) is 27.7 Å². The average molecular weight is 344 g/mol. The van der Waals surface area contributed by atoms with Gasteiger partial charge in [-0.2, -0.15) is 0 Å². The van der Waals surface area contributed by atoms with E-state index >= 15 is 0 Å². The minimum Gasteiger partial charge on any atom is -0.367 e. The molecule has 2 aromatic heterocycles. The van der Waals surface area contributed by atoms with Gasteiger partial charge in [0.15, 0.2) is 5.82 Å². The SMILES string of the molecule is Cc1cc(C)nc(C2CN(C(=O)CCc3c(C)noc3C)CCO2)n1. The predicted molar refractivity (Wildman–Crippen MR) is 91.1 cm³/mol. The van der Waals surface area contributed by atoms with Crippen LogP contribution in [0.1, 0.15) is 46.8 Å². The Morgan fingerprint density at radius 2 is 1.96 bits per heavy atom. The molecule has 3 heterocycles. The number of morpholine rings is 1.